The van der Waals surface area contributed by atoms with E-state index < -0.39 is 17.8 Å². The van der Waals surface area contributed by atoms with Gasteiger partial charge in [-0.1, -0.05) is 18.2 Å². The second-order valence-electron chi connectivity index (χ2n) is 4.32. The van der Waals surface area contributed by atoms with Crippen molar-refractivity contribution in [3.8, 4) is 0 Å². The van der Waals surface area contributed by atoms with Crippen LogP contribution in [-0.2, 0) is 15.7 Å². The topological polar surface area (TPSA) is 38.3 Å². The van der Waals surface area contributed by atoms with Gasteiger partial charge in [0, 0.05) is 12.6 Å². The van der Waals surface area contributed by atoms with Crippen molar-refractivity contribution < 1.29 is 22.7 Å². The van der Waals surface area contributed by atoms with Crippen LogP contribution in [0.25, 0.3) is 0 Å². The number of halogens is 3. The minimum absolute atomic E-state index is 0.131. The largest absolute Gasteiger partial charge is 0.466 e. The van der Waals surface area contributed by atoms with E-state index in [-0.39, 0.29) is 24.5 Å². The normalized spacial score (nSPS) is 13.1. The Kier molecular flexibility index (Phi) is 6.01. The minimum atomic E-state index is -4.38. The molecule has 1 aromatic carbocycles. The van der Waals surface area contributed by atoms with E-state index in [0.717, 1.165) is 6.07 Å². The zero-order valence-corrected chi connectivity index (χ0v) is 11.5. The summed E-state index contributed by atoms with van der Waals surface area (Å²) in [5, 5.41) is 2.90. The fourth-order valence-corrected chi connectivity index (χ4v) is 1.87. The van der Waals surface area contributed by atoms with Crippen molar-refractivity contribution in [3.63, 3.8) is 0 Å². The predicted molar refractivity (Wildman–Crippen MR) is 69.1 cm³/mol. The minimum Gasteiger partial charge on any atom is -0.466 e. The predicted octanol–water partition coefficient (Wildman–Crippen LogP) is 3.31. The molecule has 0 bridgehead atoms. The number of benzene rings is 1. The summed E-state index contributed by atoms with van der Waals surface area (Å²) in [5.41, 5.74) is -0.486. The highest BCUT2D eigenvalue weighted by atomic mass is 19.4. The molecule has 1 unspecified atom stereocenters. The monoisotopic (exact) mass is 289 g/mol. The lowest BCUT2D eigenvalue weighted by atomic mass is 10.0. The van der Waals surface area contributed by atoms with Gasteiger partial charge in [-0.3, -0.25) is 4.79 Å². The maximum atomic E-state index is 12.9. The molecule has 0 spiro atoms. The van der Waals surface area contributed by atoms with Crippen LogP contribution in [0.1, 0.15) is 37.4 Å². The SMILES string of the molecule is CCOC(=O)CCNC(C)c1ccccc1C(F)(F)F. The molecule has 0 aliphatic heterocycles. The highest BCUT2D eigenvalue weighted by molar-refractivity contribution is 5.69. The van der Waals surface area contributed by atoms with Crippen molar-refractivity contribution in [1.82, 2.24) is 5.32 Å². The molecule has 0 fully saturated rings. The van der Waals surface area contributed by atoms with Gasteiger partial charge in [-0.05, 0) is 25.5 Å². The fraction of sp³-hybridized carbons (Fsp3) is 0.500. The molecule has 112 valence electrons. The van der Waals surface area contributed by atoms with Crippen molar-refractivity contribution in [2.45, 2.75) is 32.5 Å². The molecule has 0 saturated carbocycles. The highest BCUT2D eigenvalue weighted by Gasteiger charge is 2.33. The smallest absolute Gasteiger partial charge is 0.416 e. The third kappa shape index (κ3) is 4.85. The molecular formula is C14H18F3NO2. The van der Waals surface area contributed by atoms with Crippen LogP contribution in [0.4, 0.5) is 13.2 Å². The molecule has 1 N–H and O–H groups in total. The quantitative estimate of drug-likeness (QED) is 0.817. The number of hydrogen-bond donors (Lipinski definition) is 1. The Bertz CT molecular complexity index is 446. The second kappa shape index (κ2) is 7.28. The number of ether oxygens (including phenoxy) is 1. The van der Waals surface area contributed by atoms with Crippen LogP contribution in [0.5, 0.6) is 0 Å². The first-order valence-electron chi connectivity index (χ1n) is 6.41. The molecule has 20 heavy (non-hydrogen) atoms. The van der Waals surface area contributed by atoms with Crippen LogP contribution in [0.3, 0.4) is 0 Å². The van der Waals surface area contributed by atoms with Crippen molar-refractivity contribution in [1.29, 1.82) is 0 Å². The molecule has 0 aliphatic carbocycles. The molecule has 1 aromatic rings. The van der Waals surface area contributed by atoms with Gasteiger partial charge in [0.1, 0.15) is 0 Å². The van der Waals surface area contributed by atoms with Gasteiger partial charge in [0.05, 0.1) is 18.6 Å². The molecule has 1 atom stereocenters. The van der Waals surface area contributed by atoms with Gasteiger partial charge in [-0.2, -0.15) is 13.2 Å². The van der Waals surface area contributed by atoms with Crippen LogP contribution in [0.15, 0.2) is 24.3 Å². The lowest BCUT2D eigenvalue weighted by Gasteiger charge is -2.19. The zero-order valence-electron chi connectivity index (χ0n) is 11.5. The van der Waals surface area contributed by atoms with Crippen molar-refractivity contribution in [2.75, 3.05) is 13.2 Å². The van der Waals surface area contributed by atoms with E-state index in [1.54, 1.807) is 19.9 Å². The number of nitrogens with one attached hydrogen (secondary N) is 1. The molecule has 0 aliphatic rings. The number of alkyl halides is 3. The van der Waals surface area contributed by atoms with E-state index in [9.17, 15) is 18.0 Å². The van der Waals surface area contributed by atoms with Gasteiger partial charge in [0.2, 0.25) is 0 Å². The molecular weight excluding hydrogens is 271 g/mol. The van der Waals surface area contributed by atoms with E-state index in [2.05, 4.69) is 5.32 Å². The standard InChI is InChI=1S/C14H18F3NO2/c1-3-20-13(19)8-9-18-10(2)11-6-4-5-7-12(11)14(15,16)17/h4-7,10,18H,3,8-9H2,1-2H3. The Balaban J connectivity index is 2.64. The zero-order chi connectivity index (χ0) is 15.2. The summed E-state index contributed by atoms with van der Waals surface area (Å²) in [7, 11) is 0. The summed E-state index contributed by atoms with van der Waals surface area (Å²) in [6.07, 6.45) is -4.25. The van der Waals surface area contributed by atoms with Crippen molar-refractivity contribution in [2.24, 2.45) is 0 Å². The van der Waals surface area contributed by atoms with E-state index in [1.165, 1.54) is 12.1 Å². The summed E-state index contributed by atoms with van der Waals surface area (Å²) in [6.45, 7) is 3.90. The van der Waals surface area contributed by atoms with Gasteiger partial charge >= 0.3 is 12.1 Å². The third-order valence-corrected chi connectivity index (χ3v) is 2.82. The second-order valence-corrected chi connectivity index (χ2v) is 4.32. The van der Waals surface area contributed by atoms with Gasteiger partial charge in [0.15, 0.2) is 0 Å². The molecule has 0 radical (unpaired) electrons. The first-order valence-corrected chi connectivity index (χ1v) is 6.41. The van der Waals surface area contributed by atoms with Crippen LogP contribution >= 0.6 is 0 Å². The highest BCUT2D eigenvalue weighted by Crippen LogP contribution is 2.34. The van der Waals surface area contributed by atoms with Gasteiger partial charge in [-0.15, -0.1) is 0 Å². The first-order chi connectivity index (χ1) is 9.36. The van der Waals surface area contributed by atoms with Gasteiger partial charge < -0.3 is 10.1 Å². The average Bonchev–Trinajstić information content (AvgIpc) is 2.38. The Morgan fingerprint density at radius 1 is 1.35 bits per heavy atom. The van der Waals surface area contributed by atoms with Crippen molar-refractivity contribution in [3.05, 3.63) is 35.4 Å². The number of rotatable bonds is 6. The van der Waals surface area contributed by atoms with Crippen LogP contribution in [0.2, 0.25) is 0 Å². The maximum absolute atomic E-state index is 12.9. The summed E-state index contributed by atoms with van der Waals surface area (Å²) in [5.74, 6) is -0.365. The molecule has 0 amide bonds. The molecule has 0 saturated heterocycles. The lowest BCUT2D eigenvalue weighted by Crippen LogP contribution is -2.25. The number of hydrogen-bond acceptors (Lipinski definition) is 3. The van der Waals surface area contributed by atoms with Gasteiger partial charge in [-0.25, -0.2) is 0 Å². The van der Waals surface area contributed by atoms with Gasteiger partial charge in [0.25, 0.3) is 0 Å². The Morgan fingerprint density at radius 3 is 2.60 bits per heavy atom. The summed E-state index contributed by atoms with van der Waals surface area (Å²) >= 11 is 0. The van der Waals surface area contributed by atoms with E-state index in [4.69, 9.17) is 4.74 Å². The first kappa shape index (κ1) is 16.5. The van der Waals surface area contributed by atoms with Crippen LogP contribution in [-0.4, -0.2) is 19.1 Å². The third-order valence-electron chi connectivity index (χ3n) is 2.82. The van der Waals surface area contributed by atoms with E-state index in [1.807, 2.05) is 0 Å². The molecule has 3 nitrogen and oxygen atoms in total. The number of carbonyl (C=O) groups excluding carboxylic acids is 1. The summed E-state index contributed by atoms with van der Waals surface area (Å²) in [4.78, 5) is 11.1. The molecule has 6 heteroatoms. The number of esters is 1. The lowest BCUT2D eigenvalue weighted by molar-refractivity contribution is -0.143. The Hall–Kier alpha value is -1.56. The summed E-state index contributed by atoms with van der Waals surface area (Å²) < 4.78 is 43.3. The fourth-order valence-electron chi connectivity index (χ4n) is 1.87. The van der Waals surface area contributed by atoms with E-state index in [0.29, 0.717) is 6.61 Å². The summed E-state index contributed by atoms with van der Waals surface area (Å²) in [6, 6.07) is 4.91. The average molecular weight is 289 g/mol. The van der Waals surface area contributed by atoms with Crippen molar-refractivity contribution >= 4 is 5.97 Å². The van der Waals surface area contributed by atoms with E-state index >= 15 is 0 Å². The Morgan fingerprint density at radius 2 is 2.00 bits per heavy atom. The molecule has 0 heterocycles. The Labute approximate surface area is 116 Å². The molecule has 1 rings (SSSR count). The number of carbonyl (C=O) groups is 1. The van der Waals surface area contributed by atoms with Crippen LogP contribution < -0.4 is 5.32 Å². The van der Waals surface area contributed by atoms with Crippen LogP contribution in [0, 0.1) is 0 Å². The molecule has 0 aromatic heterocycles. The maximum Gasteiger partial charge on any atom is 0.416 e.